The number of carbonyl (C=O) groups is 1. The van der Waals surface area contributed by atoms with Crippen LogP contribution in [0.2, 0.25) is 0 Å². The third-order valence-corrected chi connectivity index (χ3v) is 2.87. The van der Waals surface area contributed by atoms with Gasteiger partial charge >= 0.3 is 0 Å². The van der Waals surface area contributed by atoms with Gasteiger partial charge in [0.2, 0.25) is 5.91 Å². The molecule has 0 unspecified atom stereocenters. The molecule has 0 aromatic heterocycles. The summed E-state index contributed by atoms with van der Waals surface area (Å²) in [6, 6.07) is 16.9. The van der Waals surface area contributed by atoms with E-state index in [4.69, 9.17) is 10.5 Å². The molecular formula is C16H18N2O2. The number of hydrogen-bond acceptors (Lipinski definition) is 3. The van der Waals surface area contributed by atoms with Crippen molar-refractivity contribution in [3.05, 3.63) is 60.2 Å². The SMILES string of the molecule is Nc1ccccc1CNC(=O)CCOc1ccccc1. The van der Waals surface area contributed by atoms with Gasteiger partial charge in [0, 0.05) is 12.2 Å². The number of nitrogens with two attached hydrogens (primary N) is 1. The number of para-hydroxylation sites is 2. The van der Waals surface area contributed by atoms with Crippen molar-refractivity contribution < 1.29 is 9.53 Å². The first-order valence-corrected chi connectivity index (χ1v) is 6.53. The summed E-state index contributed by atoms with van der Waals surface area (Å²) in [5.41, 5.74) is 7.42. The molecule has 0 saturated carbocycles. The molecular weight excluding hydrogens is 252 g/mol. The minimum Gasteiger partial charge on any atom is -0.493 e. The predicted octanol–water partition coefficient (Wildman–Crippen LogP) is 2.35. The second-order valence-electron chi connectivity index (χ2n) is 4.39. The molecule has 0 fully saturated rings. The van der Waals surface area contributed by atoms with Crippen molar-refractivity contribution in [1.82, 2.24) is 5.32 Å². The van der Waals surface area contributed by atoms with Crippen molar-refractivity contribution in [3.8, 4) is 5.75 Å². The molecule has 0 aliphatic carbocycles. The number of carbonyl (C=O) groups excluding carboxylic acids is 1. The van der Waals surface area contributed by atoms with Gasteiger partial charge in [-0.2, -0.15) is 0 Å². The molecule has 2 rings (SSSR count). The molecule has 0 saturated heterocycles. The van der Waals surface area contributed by atoms with Crippen LogP contribution in [0.15, 0.2) is 54.6 Å². The number of anilines is 1. The van der Waals surface area contributed by atoms with E-state index in [9.17, 15) is 4.79 Å². The lowest BCUT2D eigenvalue weighted by atomic mass is 10.2. The maximum atomic E-state index is 11.7. The summed E-state index contributed by atoms with van der Waals surface area (Å²) in [5.74, 6) is 0.719. The van der Waals surface area contributed by atoms with Crippen LogP contribution in [0.4, 0.5) is 5.69 Å². The topological polar surface area (TPSA) is 64.3 Å². The van der Waals surface area contributed by atoms with Crippen LogP contribution in [0.1, 0.15) is 12.0 Å². The Hall–Kier alpha value is -2.49. The van der Waals surface area contributed by atoms with Gasteiger partial charge in [-0.25, -0.2) is 0 Å². The Balaban J connectivity index is 1.70. The lowest BCUT2D eigenvalue weighted by Gasteiger charge is -2.08. The summed E-state index contributed by atoms with van der Waals surface area (Å²) in [5, 5.41) is 2.83. The van der Waals surface area contributed by atoms with E-state index >= 15 is 0 Å². The number of benzene rings is 2. The van der Waals surface area contributed by atoms with Gasteiger partial charge in [-0.05, 0) is 23.8 Å². The number of hydrogen-bond donors (Lipinski definition) is 2. The summed E-state index contributed by atoms with van der Waals surface area (Å²) >= 11 is 0. The molecule has 2 aromatic rings. The molecule has 0 aliphatic rings. The highest BCUT2D eigenvalue weighted by atomic mass is 16.5. The summed E-state index contributed by atoms with van der Waals surface area (Å²) in [4.78, 5) is 11.7. The maximum absolute atomic E-state index is 11.7. The minimum absolute atomic E-state index is 0.0517. The highest BCUT2D eigenvalue weighted by Gasteiger charge is 2.03. The molecule has 4 nitrogen and oxygen atoms in total. The second kappa shape index (κ2) is 7.19. The molecule has 104 valence electrons. The van der Waals surface area contributed by atoms with Gasteiger partial charge in [0.25, 0.3) is 0 Å². The number of rotatable bonds is 6. The molecule has 0 heterocycles. The molecule has 20 heavy (non-hydrogen) atoms. The summed E-state index contributed by atoms with van der Waals surface area (Å²) in [7, 11) is 0. The largest absolute Gasteiger partial charge is 0.493 e. The quantitative estimate of drug-likeness (QED) is 0.792. The fourth-order valence-corrected chi connectivity index (χ4v) is 1.76. The fraction of sp³-hybridized carbons (Fsp3) is 0.188. The Morgan fingerprint density at radius 1 is 1.05 bits per heavy atom. The van der Waals surface area contributed by atoms with Crippen LogP contribution in [0.5, 0.6) is 5.75 Å². The van der Waals surface area contributed by atoms with Crippen LogP contribution < -0.4 is 15.8 Å². The molecule has 2 aromatic carbocycles. The molecule has 3 N–H and O–H groups in total. The standard InChI is InChI=1S/C16H18N2O2/c17-15-9-5-4-6-13(15)12-18-16(19)10-11-20-14-7-2-1-3-8-14/h1-9H,10-12,17H2,(H,18,19). The first-order chi connectivity index (χ1) is 9.75. The summed E-state index contributed by atoms with van der Waals surface area (Å²) < 4.78 is 5.47. The first kappa shape index (κ1) is 13.9. The lowest BCUT2D eigenvalue weighted by Crippen LogP contribution is -2.24. The molecule has 1 amide bonds. The van der Waals surface area contributed by atoms with E-state index in [2.05, 4.69) is 5.32 Å². The molecule has 0 spiro atoms. The highest BCUT2D eigenvalue weighted by Crippen LogP contribution is 2.10. The Kier molecular flexibility index (Phi) is 5.00. The molecule has 4 heteroatoms. The van der Waals surface area contributed by atoms with E-state index in [1.165, 1.54) is 0 Å². The number of ether oxygens (including phenoxy) is 1. The van der Waals surface area contributed by atoms with Crippen LogP contribution in [0.3, 0.4) is 0 Å². The number of amides is 1. The minimum atomic E-state index is -0.0517. The van der Waals surface area contributed by atoms with Crippen LogP contribution in [0, 0.1) is 0 Å². The first-order valence-electron chi connectivity index (χ1n) is 6.53. The molecule has 0 atom stereocenters. The van der Waals surface area contributed by atoms with Crippen LogP contribution in [-0.2, 0) is 11.3 Å². The molecule has 0 radical (unpaired) electrons. The van der Waals surface area contributed by atoms with E-state index < -0.39 is 0 Å². The van der Waals surface area contributed by atoms with Crippen molar-refractivity contribution in [2.45, 2.75) is 13.0 Å². The van der Waals surface area contributed by atoms with Gasteiger partial charge in [0.05, 0.1) is 13.0 Å². The average Bonchev–Trinajstić information content (AvgIpc) is 2.47. The zero-order valence-electron chi connectivity index (χ0n) is 11.2. The monoisotopic (exact) mass is 270 g/mol. The van der Waals surface area contributed by atoms with E-state index in [1.807, 2.05) is 54.6 Å². The highest BCUT2D eigenvalue weighted by molar-refractivity contribution is 5.76. The average molecular weight is 270 g/mol. The van der Waals surface area contributed by atoms with Crippen molar-refractivity contribution in [1.29, 1.82) is 0 Å². The van der Waals surface area contributed by atoms with Gasteiger partial charge in [0.1, 0.15) is 5.75 Å². The van der Waals surface area contributed by atoms with Gasteiger partial charge in [0.15, 0.2) is 0 Å². The van der Waals surface area contributed by atoms with Gasteiger partial charge in [-0.1, -0.05) is 36.4 Å². The predicted molar refractivity (Wildman–Crippen MR) is 79.3 cm³/mol. The Labute approximate surface area is 118 Å². The van der Waals surface area contributed by atoms with Crippen LogP contribution >= 0.6 is 0 Å². The van der Waals surface area contributed by atoms with Crippen molar-refractivity contribution in [2.75, 3.05) is 12.3 Å². The van der Waals surface area contributed by atoms with Crippen molar-refractivity contribution in [2.24, 2.45) is 0 Å². The van der Waals surface area contributed by atoms with Gasteiger partial charge in [-0.15, -0.1) is 0 Å². The third kappa shape index (κ3) is 4.31. The lowest BCUT2D eigenvalue weighted by molar-refractivity contribution is -0.121. The normalized spacial score (nSPS) is 10.0. The van der Waals surface area contributed by atoms with Crippen molar-refractivity contribution >= 4 is 11.6 Å². The van der Waals surface area contributed by atoms with Gasteiger partial charge in [-0.3, -0.25) is 4.79 Å². The van der Waals surface area contributed by atoms with Gasteiger partial charge < -0.3 is 15.8 Å². The zero-order valence-corrected chi connectivity index (χ0v) is 11.2. The van der Waals surface area contributed by atoms with E-state index in [1.54, 1.807) is 0 Å². The Morgan fingerprint density at radius 2 is 1.75 bits per heavy atom. The summed E-state index contributed by atoms with van der Waals surface area (Å²) in [6.45, 7) is 0.803. The van der Waals surface area contributed by atoms with E-state index in [0.717, 1.165) is 11.3 Å². The Morgan fingerprint density at radius 3 is 2.50 bits per heavy atom. The third-order valence-electron chi connectivity index (χ3n) is 2.87. The fourth-order valence-electron chi connectivity index (χ4n) is 1.76. The van der Waals surface area contributed by atoms with E-state index in [0.29, 0.717) is 25.3 Å². The maximum Gasteiger partial charge on any atom is 0.223 e. The van der Waals surface area contributed by atoms with Crippen LogP contribution in [0.25, 0.3) is 0 Å². The Bertz CT molecular complexity index is 555. The number of nitrogens with one attached hydrogen (secondary N) is 1. The van der Waals surface area contributed by atoms with Crippen molar-refractivity contribution in [3.63, 3.8) is 0 Å². The second-order valence-corrected chi connectivity index (χ2v) is 4.39. The van der Waals surface area contributed by atoms with E-state index in [-0.39, 0.29) is 5.91 Å². The number of nitrogen functional groups attached to an aromatic ring is 1. The van der Waals surface area contributed by atoms with Crippen LogP contribution in [-0.4, -0.2) is 12.5 Å². The summed E-state index contributed by atoms with van der Waals surface area (Å²) in [6.07, 6.45) is 0.321. The molecule has 0 bridgehead atoms. The molecule has 0 aliphatic heterocycles. The zero-order chi connectivity index (χ0) is 14.2. The smallest absolute Gasteiger partial charge is 0.223 e.